The molecule has 0 unspecified atom stereocenters. The molecular weight excluding hydrogens is 613 g/mol. The predicted molar refractivity (Wildman–Crippen MR) is 158 cm³/mol. The van der Waals surface area contributed by atoms with Crippen molar-refractivity contribution in [1.82, 2.24) is 15.5 Å². The Morgan fingerprint density at radius 3 is 2.17 bits per heavy atom. The van der Waals surface area contributed by atoms with Crippen molar-refractivity contribution >= 4 is 52.7 Å². The maximum atomic E-state index is 13.2. The van der Waals surface area contributed by atoms with E-state index >= 15 is 0 Å². The number of methoxy groups -OCH3 is 3. The fourth-order valence-corrected chi connectivity index (χ4v) is 4.38. The number of likely N-dealkylation sites (tertiary alicyclic amines) is 1. The first-order valence-corrected chi connectivity index (χ1v) is 14.2. The lowest BCUT2D eigenvalue weighted by atomic mass is 10.0. The Morgan fingerprint density at radius 2 is 1.62 bits per heavy atom. The quantitative estimate of drug-likeness (QED) is 0.330. The number of carbonyl (C=O) groups is 3. The third kappa shape index (κ3) is 10.0. The van der Waals surface area contributed by atoms with E-state index in [0.29, 0.717) is 43.2 Å². The highest BCUT2D eigenvalue weighted by Gasteiger charge is 2.30. The zero-order valence-electron chi connectivity index (χ0n) is 23.5. The van der Waals surface area contributed by atoms with Crippen LogP contribution >= 0.6 is 34.8 Å². The Bertz CT molecular complexity index is 1180. The minimum absolute atomic E-state index is 0.0632. The molecule has 0 radical (unpaired) electrons. The SMILES string of the molecule is COC[C@H](NC(=O)c1cc(OC)c(OCc2ccccc2)c(OC)c1)C(=O)NC1CCN(C(=O)OCC(Cl)(Cl)Cl)CC1. The van der Waals surface area contributed by atoms with Crippen molar-refractivity contribution in [2.24, 2.45) is 0 Å². The maximum Gasteiger partial charge on any atom is 0.409 e. The monoisotopic (exact) mass is 645 g/mol. The first-order chi connectivity index (χ1) is 20.0. The van der Waals surface area contributed by atoms with E-state index in [9.17, 15) is 14.4 Å². The van der Waals surface area contributed by atoms with Crippen LogP contribution in [0.3, 0.4) is 0 Å². The Kier molecular flexibility index (Phi) is 12.7. The molecule has 2 aromatic rings. The molecule has 1 fully saturated rings. The number of carbonyl (C=O) groups excluding carboxylic acids is 3. The molecule has 1 saturated heterocycles. The van der Waals surface area contributed by atoms with Crippen LogP contribution in [-0.4, -0.2) is 86.3 Å². The number of amides is 3. The van der Waals surface area contributed by atoms with Gasteiger partial charge in [-0.3, -0.25) is 9.59 Å². The molecule has 230 valence electrons. The normalized spacial score (nSPS) is 14.5. The van der Waals surface area contributed by atoms with Gasteiger partial charge in [-0.15, -0.1) is 0 Å². The summed E-state index contributed by atoms with van der Waals surface area (Å²) in [5, 5.41) is 5.63. The Hall–Kier alpha value is -3.12. The van der Waals surface area contributed by atoms with Crippen LogP contribution in [-0.2, 0) is 20.9 Å². The molecule has 1 heterocycles. The highest BCUT2D eigenvalue weighted by Crippen LogP contribution is 2.39. The topological polar surface area (TPSA) is 125 Å². The Balaban J connectivity index is 1.61. The molecule has 2 aromatic carbocycles. The lowest BCUT2D eigenvalue weighted by Crippen LogP contribution is -2.54. The minimum atomic E-state index is -1.70. The fourth-order valence-electron chi connectivity index (χ4n) is 4.22. The first kappa shape index (κ1) is 33.4. The van der Waals surface area contributed by atoms with Crippen LogP contribution in [0.25, 0.3) is 0 Å². The first-order valence-electron chi connectivity index (χ1n) is 13.1. The second-order valence-corrected chi connectivity index (χ2v) is 11.9. The van der Waals surface area contributed by atoms with Crippen molar-refractivity contribution in [3.8, 4) is 17.2 Å². The number of piperidine rings is 1. The van der Waals surface area contributed by atoms with Crippen LogP contribution in [0.4, 0.5) is 4.79 Å². The second-order valence-electron chi connectivity index (χ2n) is 9.41. The molecule has 11 nitrogen and oxygen atoms in total. The van der Waals surface area contributed by atoms with E-state index in [1.165, 1.54) is 38.4 Å². The smallest absolute Gasteiger partial charge is 0.409 e. The van der Waals surface area contributed by atoms with E-state index in [4.69, 9.17) is 58.5 Å². The summed E-state index contributed by atoms with van der Waals surface area (Å²) in [6, 6.07) is 11.4. The summed E-state index contributed by atoms with van der Waals surface area (Å²) in [5.41, 5.74) is 1.15. The van der Waals surface area contributed by atoms with Crippen molar-refractivity contribution in [2.75, 3.05) is 47.6 Å². The molecule has 0 aromatic heterocycles. The maximum absolute atomic E-state index is 13.2. The third-order valence-corrected chi connectivity index (χ3v) is 6.69. The molecule has 0 aliphatic carbocycles. The second kappa shape index (κ2) is 15.9. The van der Waals surface area contributed by atoms with E-state index < -0.39 is 27.7 Å². The van der Waals surface area contributed by atoms with Gasteiger partial charge in [0.1, 0.15) is 19.3 Å². The van der Waals surface area contributed by atoms with Crippen molar-refractivity contribution in [2.45, 2.75) is 35.3 Å². The molecule has 14 heteroatoms. The van der Waals surface area contributed by atoms with Crippen LogP contribution in [0.5, 0.6) is 17.2 Å². The summed E-state index contributed by atoms with van der Waals surface area (Å²) < 4.78 is 25.4. The number of benzene rings is 2. The van der Waals surface area contributed by atoms with Gasteiger partial charge < -0.3 is 39.2 Å². The van der Waals surface area contributed by atoms with Gasteiger partial charge >= 0.3 is 6.09 Å². The van der Waals surface area contributed by atoms with Gasteiger partial charge in [0.05, 0.1) is 20.8 Å². The molecule has 0 bridgehead atoms. The van der Waals surface area contributed by atoms with E-state index in [0.717, 1.165) is 5.56 Å². The lowest BCUT2D eigenvalue weighted by Gasteiger charge is -2.32. The molecule has 1 aliphatic heterocycles. The minimum Gasteiger partial charge on any atom is -0.493 e. The van der Waals surface area contributed by atoms with E-state index in [2.05, 4.69) is 10.6 Å². The molecule has 3 amide bonds. The average molecular weight is 647 g/mol. The number of hydrogen-bond donors (Lipinski definition) is 2. The summed E-state index contributed by atoms with van der Waals surface area (Å²) in [4.78, 5) is 40.0. The van der Waals surface area contributed by atoms with Crippen molar-refractivity contribution in [1.29, 1.82) is 0 Å². The molecule has 0 saturated carbocycles. The van der Waals surface area contributed by atoms with Crippen LogP contribution in [0.2, 0.25) is 0 Å². The summed E-state index contributed by atoms with van der Waals surface area (Å²) in [5.74, 6) is -0.0345. The molecule has 42 heavy (non-hydrogen) atoms. The Labute approximate surface area is 259 Å². The molecule has 2 N–H and O–H groups in total. The van der Waals surface area contributed by atoms with Crippen molar-refractivity contribution < 1.29 is 38.1 Å². The van der Waals surface area contributed by atoms with Crippen LogP contribution in [0, 0.1) is 0 Å². The standard InChI is InChI=1S/C28H34Cl3N3O8/c1-38-16-21(26(36)32-20-9-11-34(12-10-20)27(37)42-17-28(29,30)31)33-25(35)19-13-22(39-2)24(23(14-19)40-3)41-15-18-7-5-4-6-8-18/h4-8,13-14,20-21H,9-12,15-17H2,1-3H3,(H,32,36)(H,33,35)/t21-/m0/s1. The van der Waals surface area contributed by atoms with E-state index in [1.54, 1.807) is 0 Å². The number of halogens is 3. The third-order valence-electron chi connectivity index (χ3n) is 6.36. The zero-order valence-corrected chi connectivity index (χ0v) is 25.8. The molecule has 1 atom stereocenters. The van der Waals surface area contributed by atoms with Crippen LogP contribution < -0.4 is 24.8 Å². The summed E-state index contributed by atoms with van der Waals surface area (Å²) in [7, 11) is 4.34. The fraction of sp³-hybridized carbons (Fsp3) is 0.464. The van der Waals surface area contributed by atoms with Gasteiger partial charge in [-0.2, -0.15) is 0 Å². The lowest BCUT2D eigenvalue weighted by molar-refractivity contribution is -0.125. The van der Waals surface area contributed by atoms with Crippen LogP contribution in [0.1, 0.15) is 28.8 Å². The largest absolute Gasteiger partial charge is 0.493 e. The number of ether oxygens (including phenoxy) is 5. The van der Waals surface area contributed by atoms with Crippen molar-refractivity contribution in [3.63, 3.8) is 0 Å². The summed E-state index contributed by atoms with van der Waals surface area (Å²) in [6.07, 6.45) is 0.348. The molecule has 1 aliphatic rings. The van der Waals surface area contributed by atoms with Gasteiger partial charge in [0.25, 0.3) is 5.91 Å². The van der Waals surface area contributed by atoms with Gasteiger partial charge in [0.15, 0.2) is 11.5 Å². The summed E-state index contributed by atoms with van der Waals surface area (Å²) >= 11 is 16.9. The number of alkyl halides is 3. The highest BCUT2D eigenvalue weighted by atomic mass is 35.6. The van der Waals surface area contributed by atoms with Gasteiger partial charge in [-0.05, 0) is 30.5 Å². The van der Waals surface area contributed by atoms with Crippen molar-refractivity contribution in [3.05, 3.63) is 53.6 Å². The summed E-state index contributed by atoms with van der Waals surface area (Å²) in [6.45, 7) is 0.510. The van der Waals surface area contributed by atoms with E-state index in [1.807, 2.05) is 30.3 Å². The number of nitrogens with one attached hydrogen (secondary N) is 2. The predicted octanol–water partition coefficient (Wildman–Crippen LogP) is 4.12. The average Bonchev–Trinajstić information content (AvgIpc) is 2.98. The molecular formula is C28H34Cl3N3O8. The van der Waals surface area contributed by atoms with Crippen LogP contribution in [0.15, 0.2) is 42.5 Å². The Morgan fingerprint density at radius 1 is 1.00 bits per heavy atom. The van der Waals surface area contributed by atoms with Gasteiger partial charge in [0.2, 0.25) is 15.4 Å². The van der Waals surface area contributed by atoms with E-state index in [-0.39, 0.29) is 31.4 Å². The highest BCUT2D eigenvalue weighted by molar-refractivity contribution is 6.67. The number of rotatable bonds is 12. The molecule has 3 rings (SSSR count). The number of hydrogen-bond acceptors (Lipinski definition) is 8. The zero-order chi connectivity index (χ0) is 30.7. The number of nitrogens with zero attached hydrogens (tertiary/aromatic N) is 1. The van der Waals surface area contributed by atoms with Gasteiger partial charge in [-0.25, -0.2) is 4.79 Å². The van der Waals surface area contributed by atoms with Gasteiger partial charge in [0, 0.05) is 31.8 Å². The molecule has 0 spiro atoms. The van der Waals surface area contributed by atoms with Gasteiger partial charge in [-0.1, -0.05) is 65.1 Å².